The van der Waals surface area contributed by atoms with E-state index >= 15 is 0 Å². The van der Waals surface area contributed by atoms with Crippen LogP contribution in [0.15, 0.2) is 0 Å². The van der Waals surface area contributed by atoms with Crippen molar-refractivity contribution in [2.45, 2.75) is 52.9 Å². The van der Waals surface area contributed by atoms with Crippen molar-refractivity contribution >= 4 is 5.78 Å². The number of carbonyl (C=O) groups excluding carboxylic acids is 1. The topological polar surface area (TPSA) is 17.1 Å². The number of hydrogen-bond acceptors (Lipinski definition) is 1. The highest BCUT2D eigenvalue weighted by atomic mass is 16.1. The minimum absolute atomic E-state index is 0.398. The van der Waals surface area contributed by atoms with Gasteiger partial charge in [0.15, 0.2) is 0 Å². The lowest BCUT2D eigenvalue weighted by Gasteiger charge is -2.17. The van der Waals surface area contributed by atoms with Gasteiger partial charge in [0.05, 0.1) is 0 Å². The lowest BCUT2D eigenvalue weighted by atomic mass is 9.87. The predicted octanol–water partition coefficient (Wildman–Crippen LogP) is 3.18. The Morgan fingerprint density at radius 1 is 1.09 bits per heavy atom. The number of rotatable bonds is 1. The second-order valence-electron chi connectivity index (χ2n) is 2.95. The molecule has 0 unspecified atom stereocenters. The van der Waals surface area contributed by atoms with E-state index < -0.39 is 0 Å². The summed E-state index contributed by atoms with van der Waals surface area (Å²) in [6.45, 7) is 5.72. The summed E-state index contributed by atoms with van der Waals surface area (Å²) in [5.41, 5.74) is 0. The van der Waals surface area contributed by atoms with Gasteiger partial charge in [-0.25, -0.2) is 0 Å². The molecule has 0 saturated heterocycles. The fraction of sp³-hybridized carbons (Fsp3) is 0.900. The Morgan fingerprint density at radius 3 is 1.82 bits per heavy atom. The quantitative estimate of drug-likeness (QED) is 0.570. The van der Waals surface area contributed by atoms with Gasteiger partial charge in [0.25, 0.3) is 0 Å². The SMILES string of the molecule is CC.CC(=O)C1CCCCC1. The molecule has 1 saturated carbocycles. The zero-order valence-corrected chi connectivity index (χ0v) is 8.02. The van der Waals surface area contributed by atoms with Crippen LogP contribution >= 0.6 is 0 Å². The molecule has 1 rings (SSSR count). The fourth-order valence-electron chi connectivity index (χ4n) is 1.51. The van der Waals surface area contributed by atoms with Gasteiger partial charge in [0.2, 0.25) is 0 Å². The Morgan fingerprint density at radius 2 is 1.55 bits per heavy atom. The highest BCUT2D eigenvalue weighted by Gasteiger charge is 2.16. The van der Waals surface area contributed by atoms with Crippen molar-refractivity contribution in [3.05, 3.63) is 0 Å². The maximum Gasteiger partial charge on any atom is 0.132 e. The van der Waals surface area contributed by atoms with Crippen molar-refractivity contribution in [1.29, 1.82) is 0 Å². The molecule has 0 heterocycles. The van der Waals surface area contributed by atoms with Crippen LogP contribution in [0.25, 0.3) is 0 Å². The second-order valence-corrected chi connectivity index (χ2v) is 2.95. The van der Waals surface area contributed by atoms with Crippen LogP contribution in [0.4, 0.5) is 0 Å². The number of Topliss-reactive ketones (excluding diaryl/α,β-unsaturated/α-hetero) is 1. The van der Waals surface area contributed by atoms with E-state index in [2.05, 4.69) is 0 Å². The van der Waals surface area contributed by atoms with Crippen molar-refractivity contribution in [2.24, 2.45) is 5.92 Å². The van der Waals surface area contributed by atoms with Gasteiger partial charge in [-0.05, 0) is 19.8 Å². The molecule has 0 aromatic heterocycles. The van der Waals surface area contributed by atoms with Crippen LogP contribution in [0.3, 0.4) is 0 Å². The number of hydrogen-bond donors (Lipinski definition) is 0. The Labute approximate surface area is 70.2 Å². The summed E-state index contributed by atoms with van der Waals surface area (Å²) in [6.07, 6.45) is 6.17. The zero-order chi connectivity index (χ0) is 8.69. The molecule has 0 bridgehead atoms. The van der Waals surface area contributed by atoms with Crippen molar-refractivity contribution < 1.29 is 4.79 Å². The van der Waals surface area contributed by atoms with Crippen LogP contribution in [0.5, 0.6) is 0 Å². The molecule has 0 spiro atoms. The first-order chi connectivity index (χ1) is 5.30. The maximum absolute atomic E-state index is 10.8. The van der Waals surface area contributed by atoms with Crippen LogP contribution < -0.4 is 0 Å². The third-order valence-electron chi connectivity index (χ3n) is 2.18. The van der Waals surface area contributed by atoms with E-state index in [-0.39, 0.29) is 0 Å². The van der Waals surface area contributed by atoms with Crippen LogP contribution in [0.2, 0.25) is 0 Å². The predicted molar refractivity (Wildman–Crippen MR) is 48.6 cm³/mol. The lowest BCUT2D eigenvalue weighted by molar-refractivity contribution is -0.121. The van der Waals surface area contributed by atoms with E-state index in [9.17, 15) is 4.79 Å². The smallest absolute Gasteiger partial charge is 0.132 e. The van der Waals surface area contributed by atoms with Crippen molar-refractivity contribution in [2.75, 3.05) is 0 Å². The molecule has 0 N–H and O–H groups in total. The third kappa shape index (κ3) is 4.18. The Balaban J connectivity index is 0.000000461. The molecule has 1 heteroatoms. The van der Waals surface area contributed by atoms with E-state index in [1.807, 2.05) is 13.8 Å². The summed E-state index contributed by atoms with van der Waals surface area (Å²) in [4.78, 5) is 10.8. The molecule has 1 aliphatic carbocycles. The monoisotopic (exact) mass is 156 g/mol. The van der Waals surface area contributed by atoms with Crippen molar-refractivity contribution in [1.82, 2.24) is 0 Å². The molecule has 1 aliphatic rings. The maximum atomic E-state index is 10.8. The van der Waals surface area contributed by atoms with Crippen LogP contribution in [0, 0.1) is 5.92 Å². The van der Waals surface area contributed by atoms with Gasteiger partial charge < -0.3 is 0 Å². The lowest BCUT2D eigenvalue weighted by Crippen LogP contribution is -2.13. The molecule has 0 aromatic carbocycles. The van der Waals surface area contributed by atoms with Gasteiger partial charge in [0, 0.05) is 5.92 Å². The average molecular weight is 156 g/mol. The minimum atomic E-state index is 0.398. The molecule has 1 nitrogen and oxygen atoms in total. The molecule has 0 aromatic rings. The van der Waals surface area contributed by atoms with E-state index in [1.165, 1.54) is 19.3 Å². The van der Waals surface area contributed by atoms with Crippen molar-refractivity contribution in [3.63, 3.8) is 0 Å². The summed E-state index contributed by atoms with van der Waals surface area (Å²) in [5, 5.41) is 0. The Bertz CT molecular complexity index is 101. The van der Waals surface area contributed by atoms with Gasteiger partial charge >= 0.3 is 0 Å². The first kappa shape index (κ1) is 10.7. The molecule has 0 amide bonds. The average Bonchev–Trinajstić information content (AvgIpc) is 2.10. The summed E-state index contributed by atoms with van der Waals surface area (Å²) >= 11 is 0. The van der Waals surface area contributed by atoms with E-state index in [4.69, 9.17) is 0 Å². The largest absolute Gasteiger partial charge is 0.300 e. The van der Waals surface area contributed by atoms with Crippen LogP contribution in [-0.4, -0.2) is 5.78 Å². The van der Waals surface area contributed by atoms with Crippen LogP contribution in [-0.2, 0) is 4.79 Å². The molecule has 0 aliphatic heterocycles. The highest BCUT2D eigenvalue weighted by molar-refractivity contribution is 5.78. The summed E-state index contributed by atoms with van der Waals surface area (Å²) in [6, 6.07) is 0. The highest BCUT2D eigenvalue weighted by Crippen LogP contribution is 2.23. The summed E-state index contributed by atoms with van der Waals surface area (Å²) in [7, 11) is 0. The zero-order valence-electron chi connectivity index (χ0n) is 8.02. The van der Waals surface area contributed by atoms with Gasteiger partial charge in [-0.3, -0.25) is 4.79 Å². The van der Waals surface area contributed by atoms with Gasteiger partial charge in [-0.1, -0.05) is 33.1 Å². The first-order valence-corrected chi connectivity index (χ1v) is 4.81. The molecule has 0 radical (unpaired) electrons. The fourth-order valence-corrected chi connectivity index (χ4v) is 1.51. The molecular formula is C10H20O. The van der Waals surface area contributed by atoms with Gasteiger partial charge in [-0.15, -0.1) is 0 Å². The van der Waals surface area contributed by atoms with Gasteiger partial charge in [0.1, 0.15) is 5.78 Å². The first-order valence-electron chi connectivity index (χ1n) is 4.81. The standard InChI is InChI=1S/C8H14O.C2H6/c1-7(9)8-5-3-2-4-6-8;1-2/h8H,2-6H2,1H3;1-2H3. The molecule has 0 atom stereocenters. The minimum Gasteiger partial charge on any atom is -0.300 e. The Kier molecular flexibility index (Phi) is 6.19. The summed E-state index contributed by atoms with van der Waals surface area (Å²) < 4.78 is 0. The molecule has 11 heavy (non-hydrogen) atoms. The Hall–Kier alpha value is -0.330. The van der Waals surface area contributed by atoms with Crippen LogP contribution in [0.1, 0.15) is 52.9 Å². The molecule has 66 valence electrons. The third-order valence-corrected chi connectivity index (χ3v) is 2.18. The molecular weight excluding hydrogens is 136 g/mol. The normalized spacial score (nSPS) is 18.5. The van der Waals surface area contributed by atoms with Gasteiger partial charge in [-0.2, -0.15) is 0 Å². The van der Waals surface area contributed by atoms with E-state index in [1.54, 1.807) is 6.92 Å². The number of ketones is 1. The summed E-state index contributed by atoms with van der Waals surface area (Å²) in [5.74, 6) is 0.813. The number of carbonyl (C=O) groups is 1. The second kappa shape index (κ2) is 6.38. The van der Waals surface area contributed by atoms with E-state index in [0.29, 0.717) is 11.7 Å². The van der Waals surface area contributed by atoms with E-state index in [0.717, 1.165) is 12.8 Å². The van der Waals surface area contributed by atoms with Crippen molar-refractivity contribution in [3.8, 4) is 0 Å². The molecule has 1 fully saturated rings.